The maximum atomic E-state index is 6.59. The van der Waals surface area contributed by atoms with E-state index in [2.05, 4.69) is 60.8 Å². The fraction of sp³-hybridized carbons (Fsp3) is 0.615. The van der Waals surface area contributed by atoms with Gasteiger partial charge in [0.2, 0.25) is 0 Å². The highest BCUT2D eigenvalue weighted by molar-refractivity contribution is 5.22. The van der Waals surface area contributed by atoms with Crippen LogP contribution in [0.3, 0.4) is 0 Å². The summed E-state index contributed by atoms with van der Waals surface area (Å²) in [5, 5.41) is 3.71. The van der Waals surface area contributed by atoms with Gasteiger partial charge < -0.3 is 10.1 Å². The minimum Gasteiger partial charge on any atom is -0.376 e. The minimum atomic E-state index is 0.355. The van der Waals surface area contributed by atoms with Crippen molar-refractivity contribution in [2.75, 3.05) is 19.7 Å². The van der Waals surface area contributed by atoms with Gasteiger partial charge >= 0.3 is 0 Å². The third-order valence-corrected chi connectivity index (χ3v) is 6.46. The molecule has 1 saturated carbocycles. The molecule has 0 aliphatic heterocycles. The van der Waals surface area contributed by atoms with Gasteiger partial charge in [0.25, 0.3) is 0 Å². The molecule has 154 valence electrons. The Morgan fingerprint density at radius 2 is 1.89 bits per heavy atom. The van der Waals surface area contributed by atoms with Gasteiger partial charge in [0, 0.05) is 12.5 Å². The van der Waals surface area contributed by atoms with Crippen molar-refractivity contribution >= 4 is 0 Å². The zero-order valence-corrected chi connectivity index (χ0v) is 17.7. The highest BCUT2D eigenvalue weighted by Gasteiger charge is 2.25. The summed E-state index contributed by atoms with van der Waals surface area (Å²) in [7, 11) is 0. The topological polar surface area (TPSA) is 21.3 Å². The molecule has 1 unspecified atom stereocenters. The molecule has 2 nitrogen and oxygen atoms in total. The van der Waals surface area contributed by atoms with Crippen LogP contribution in [0.5, 0.6) is 0 Å². The van der Waals surface area contributed by atoms with Gasteiger partial charge in [-0.25, -0.2) is 0 Å². The Morgan fingerprint density at radius 3 is 2.61 bits per heavy atom. The molecular formula is C26H39NO. The number of rotatable bonds is 11. The van der Waals surface area contributed by atoms with Crippen molar-refractivity contribution in [1.82, 2.24) is 5.32 Å². The van der Waals surface area contributed by atoms with Crippen LogP contribution < -0.4 is 5.32 Å². The van der Waals surface area contributed by atoms with Gasteiger partial charge in [0.05, 0.1) is 12.7 Å². The Hall–Kier alpha value is -1.38. The van der Waals surface area contributed by atoms with E-state index >= 15 is 0 Å². The van der Waals surface area contributed by atoms with Crippen LogP contribution in [0, 0.1) is 5.92 Å². The Morgan fingerprint density at radius 1 is 1.07 bits per heavy atom. The zero-order valence-electron chi connectivity index (χ0n) is 17.7. The first kappa shape index (κ1) is 21.3. The van der Waals surface area contributed by atoms with Crippen LogP contribution in [0.1, 0.15) is 76.2 Å². The monoisotopic (exact) mass is 381 g/mol. The highest BCUT2D eigenvalue weighted by Crippen LogP contribution is 2.29. The smallest absolute Gasteiger partial charge is 0.0727 e. The standard InChI is InChI=1S/C26H39NO/c1-2-23(24-14-8-4-9-15-24)21-28-26(25-16-10-5-11-17-25)20-27-19-18-22-12-6-3-7-13-22/h4,6,8-9,12-15,23,25-27H,2-3,5,7,10-11,16-21H2,1H3/t23?,26-/m0/s1. The number of ether oxygens (including phenoxy) is 1. The fourth-order valence-corrected chi connectivity index (χ4v) is 4.61. The molecule has 1 aromatic carbocycles. The van der Waals surface area contributed by atoms with Crippen molar-refractivity contribution < 1.29 is 4.74 Å². The van der Waals surface area contributed by atoms with E-state index in [4.69, 9.17) is 4.74 Å². The van der Waals surface area contributed by atoms with Gasteiger partial charge in [-0.05, 0) is 56.6 Å². The van der Waals surface area contributed by atoms with Crippen LogP contribution in [-0.2, 0) is 4.74 Å². The summed E-state index contributed by atoms with van der Waals surface area (Å²) in [6.45, 7) is 5.17. The summed E-state index contributed by atoms with van der Waals surface area (Å²) in [6, 6.07) is 10.9. The molecule has 1 fully saturated rings. The number of hydrogen-bond donors (Lipinski definition) is 1. The number of nitrogens with one attached hydrogen (secondary N) is 1. The lowest BCUT2D eigenvalue weighted by Crippen LogP contribution is -2.37. The van der Waals surface area contributed by atoms with Crippen LogP contribution >= 0.6 is 0 Å². The van der Waals surface area contributed by atoms with E-state index in [1.54, 1.807) is 0 Å². The van der Waals surface area contributed by atoms with Crippen LogP contribution in [0.4, 0.5) is 0 Å². The van der Waals surface area contributed by atoms with Gasteiger partial charge in [-0.2, -0.15) is 0 Å². The minimum absolute atomic E-state index is 0.355. The molecular weight excluding hydrogens is 342 g/mol. The van der Waals surface area contributed by atoms with Crippen LogP contribution in [0.25, 0.3) is 0 Å². The first-order valence-corrected chi connectivity index (χ1v) is 11.6. The summed E-state index contributed by atoms with van der Waals surface area (Å²) in [5.74, 6) is 1.23. The largest absolute Gasteiger partial charge is 0.376 e. The summed E-state index contributed by atoms with van der Waals surface area (Å²) in [4.78, 5) is 0. The molecule has 3 rings (SSSR count). The van der Waals surface area contributed by atoms with Gasteiger partial charge in [0.1, 0.15) is 0 Å². The second-order valence-corrected chi connectivity index (χ2v) is 8.50. The molecule has 28 heavy (non-hydrogen) atoms. The predicted molar refractivity (Wildman–Crippen MR) is 120 cm³/mol. The molecule has 2 atom stereocenters. The van der Waals surface area contributed by atoms with E-state index in [9.17, 15) is 0 Å². The van der Waals surface area contributed by atoms with E-state index in [1.165, 1.54) is 56.1 Å². The Balaban J connectivity index is 1.49. The molecule has 0 bridgehead atoms. The highest BCUT2D eigenvalue weighted by atomic mass is 16.5. The SMILES string of the molecule is CCC(CO[C@@H](CNCCC1=CCCC=C1)C1CCCCC1)c1ccccc1. The first-order chi connectivity index (χ1) is 13.9. The lowest BCUT2D eigenvalue weighted by molar-refractivity contribution is -0.00608. The fourth-order valence-electron chi connectivity index (χ4n) is 4.61. The predicted octanol–water partition coefficient (Wildman–Crippen LogP) is 6.40. The van der Waals surface area contributed by atoms with Crippen molar-refractivity contribution in [1.29, 1.82) is 0 Å². The molecule has 0 aromatic heterocycles. The number of allylic oxidation sites excluding steroid dienone is 3. The molecule has 0 amide bonds. The zero-order chi connectivity index (χ0) is 19.4. The van der Waals surface area contributed by atoms with E-state index in [1.807, 2.05) is 0 Å². The molecule has 0 heterocycles. The normalized spacial score (nSPS) is 20.0. The lowest BCUT2D eigenvalue weighted by Gasteiger charge is -2.32. The molecule has 0 saturated heterocycles. The van der Waals surface area contributed by atoms with Crippen LogP contribution in [0.2, 0.25) is 0 Å². The molecule has 0 radical (unpaired) electrons. The van der Waals surface area contributed by atoms with Crippen molar-refractivity contribution in [3.63, 3.8) is 0 Å². The Kier molecular flexibility index (Phi) is 9.32. The van der Waals surface area contributed by atoms with Crippen molar-refractivity contribution in [3.05, 3.63) is 59.7 Å². The molecule has 2 aliphatic rings. The molecule has 2 aliphatic carbocycles. The van der Waals surface area contributed by atoms with Crippen molar-refractivity contribution in [2.24, 2.45) is 5.92 Å². The number of benzene rings is 1. The van der Waals surface area contributed by atoms with Crippen molar-refractivity contribution in [2.45, 2.75) is 76.7 Å². The third kappa shape index (κ3) is 6.90. The summed E-state index contributed by atoms with van der Waals surface area (Å²) in [5.41, 5.74) is 2.90. The summed E-state index contributed by atoms with van der Waals surface area (Å²) in [6.07, 6.45) is 18.8. The summed E-state index contributed by atoms with van der Waals surface area (Å²) >= 11 is 0. The van der Waals surface area contributed by atoms with E-state index in [0.29, 0.717) is 12.0 Å². The second kappa shape index (κ2) is 12.2. The summed E-state index contributed by atoms with van der Waals surface area (Å²) < 4.78 is 6.59. The first-order valence-electron chi connectivity index (χ1n) is 11.6. The maximum Gasteiger partial charge on any atom is 0.0727 e. The Labute approximate surface area is 172 Å². The van der Waals surface area contributed by atoms with Gasteiger partial charge in [-0.1, -0.05) is 80.3 Å². The quantitative estimate of drug-likeness (QED) is 0.448. The van der Waals surface area contributed by atoms with Crippen molar-refractivity contribution in [3.8, 4) is 0 Å². The van der Waals surface area contributed by atoms with Gasteiger partial charge in [0.15, 0.2) is 0 Å². The Bertz CT molecular complexity index is 600. The molecule has 1 N–H and O–H groups in total. The maximum absolute atomic E-state index is 6.59. The third-order valence-electron chi connectivity index (χ3n) is 6.46. The van der Waals surface area contributed by atoms with E-state index < -0.39 is 0 Å². The van der Waals surface area contributed by atoms with Crippen LogP contribution in [-0.4, -0.2) is 25.8 Å². The van der Waals surface area contributed by atoms with E-state index in [-0.39, 0.29) is 0 Å². The molecule has 2 heteroatoms. The molecule has 1 aromatic rings. The van der Waals surface area contributed by atoms with Gasteiger partial charge in [-0.3, -0.25) is 0 Å². The second-order valence-electron chi connectivity index (χ2n) is 8.50. The molecule has 0 spiro atoms. The van der Waals surface area contributed by atoms with Crippen LogP contribution in [0.15, 0.2) is 54.1 Å². The average Bonchev–Trinajstić information content (AvgIpc) is 2.77. The van der Waals surface area contributed by atoms with Gasteiger partial charge in [-0.15, -0.1) is 0 Å². The number of hydrogen-bond acceptors (Lipinski definition) is 2. The van der Waals surface area contributed by atoms with E-state index in [0.717, 1.165) is 38.5 Å². The lowest BCUT2D eigenvalue weighted by atomic mass is 9.85. The average molecular weight is 382 g/mol.